The van der Waals surface area contributed by atoms with Gasteiger partial charge in [-0.25, -0.2) is 14.6 Å². The number of ether oxygens (including phenoxy) is 1. The fourth-order valence-electron chi connectivity index (χ4n) is 2.69. The van der Waals surface area contributed by atoms with Crippen LogP contribution in [-0.2, 0) is 14.5 Å². The summed E-state index contributed by atoms with van der Waals surface area (Å²) < 4.78 is 5.52. The second kappa shape index (κ2) is 7.81. The SMILES string of the molecule is NC[C@H]1OO[C@@](O)(CN)[C@@H]1OC(=O)N(c1ccccc1)c1ccccc1. The van der Waals surface area contributed by atoms with Crippen molar-refractivity contribution in [2.24, 2.45) is 11.5 Å². The molecule has 8 nitrogen and oxygen atoms in total. The lowest BCUT2D eigenvalue weighted by atomic mass is 10.1. The van der Waals surface area contributed by atoms with Gasteiger partial charge < -0.3 is 21.3 Å². The van der Waals surface area contributed by atoms with E-state index in [-0.39, 0.29) is 13.1 Å². The molecule has 1 aliphatic rings. The Morgan fingerprint density at radius 2 is 1.62 bits per heavy atom. The van der Waals surface area contributed by atoms with Gasteiger partial charge in [-0.1, -0.05) is 36.4 Å². The Bertz CT molecular complexity index is 691. The third-order valence-corrected chi connectivity index (χ3v) is 4.06. The van der Waals surface area contributed by atoms with Gasteiger partial charge in [0.05, 0.1) is 17.9 Å². The van der Waals surface area contributed by atoms with Crippen LogP contribution in [0, 0.1) is 0 Å². The molecule has 8 heteroatoms. The van der Waals surface area contributed by atoms with Crippen LogP contribution in [0.5, 0.6) is 0 Å². The maximum Gasteiger partial charge on any atom is 0.419 e. The number of benzene rings is 2. The van der Waals surface area contributed by atoms with Crippen molar-refractivity contribution < 1.29 is 24.4 Å². The van der Waals surface area contributed by atoms with Gasteiger partial charge in [-0.05, 0) is 24.3 Å². The summed E-state index contributed by atoms with van der Waals surface area (Å²) in [5, 5.41) is 10.4. The quantitative estimate of drug-likeness (QED) is 0.688. The van der Waals surface area contributed by atoms with Crippen molar-refractivity contribution in [2.45, 2.75) is 18.0 Å². The summed E-state index contributed by atoms with van der Waals surface area (Å²) in [6.07, 6.45) is -2.72. The molecule has 0 bridgehead atoms. The summed E-state index contributed by atoms with van der Waals surface area (Å²) in [6.45, 7) is -0.338. The molecule has 0 unspecified atom stereocenters. The van der Waals surface area contributed by atoms with Crippen LogP contribution in [0.25, 0.3) is 0 Å². The molecule has 0 aromatic heterocycles. The molecule has 0 aliphatic carbocycles. The predicted octanol–water partition coefficient (Wildman–Crippen LogP) is 1.27. The van der Waals surface area contributed by atoms with Crippen LogP contribution < -0.4 is 16.4 Å². The summed E-state index contributed by atoms with van der Waals surface area (Å²) in [5.41, 5.74) is 12.4. The summed E-state index contributed by atoms with van der Waals surface area (Å²) in [5.74, 6) is -1.96. The van der Waals surface area contributed by atoms with E-state index < -0.39 is 24.1 Å². The Balaban J connectivity index is 1.91. The topological polar surface area (TPSA) is 120 Å². The van der Waals surface area contributed by atoms with Gasteiger partial charge in [0.25, 0.3) is 5.79 Å². The average Bonchev–Trinajstić information content (AvgIpc) is 3.00. The number of aliphatic hydroxyl groups is 1. The van der Waals surface area contributed by atoms with E-state index in [0.717, 1.165) is 0 Å². The summed E-state index contributed by atoms with van der Waals surface area (Å²) in [6, 6.07) is 18.0. The van der Waals surface area contributed by atoms with Crippen LogP contribution in [0.15, 0.2) is 60.7 Å². The van der Waals surface area contributed by atoms with Crippen LogP contribution in [0.4, 0.5) is 16.2 Å². The van der Waals surface area contributed by atoms with Gasteiger partial charge in [-0.15, -0.1) is 0 Å². The fourth-order valence-corrected chi connectivity index (χ4v) is 2.69. The molecule has 5 N–H and O–H groups in total. The Morgan fingerprint density at radius 1 is 1.08 bits per heavy atom. The number of amides is 1. The number of nitrogens with two attached hydrogens (primary N) is 2. The van der Waals surface area contributed by atoms with E-state index in [0.29, 0.717) is 11.4 Å². The Hall–Kier alpha value is -2.49. The number of anilines is 2. The lowest BCUT2D eigenvalue weighted by molar-refractivity contribution is -0.376. The number of nitrogens with zero attached hydrogens (tertiary/aromatic N) is 1. The minimum absolute atomic E-state index is 0.0169. The van der Waals surface area contributed by atoms with E-state index in [9.17, 15) is 9.90 Å². The molecule has 1 saturated heterocycles. The van der Waals surface area contributed by atoms with Crippen molar-refractivity contribution >= 4 is 17.5 Å². The molecule has 3 atom stereocenters. The molecule has 26 heavy (non-hydrogen) atoms. The summed E-state index contributed by atoms with van der Waals surface area (Å²) in [4.78, 5) is 24.2. The zero-order valence-electron chi connectivity index (χ0n) is 14.0. The van der Waals surface area contributed by atoms with Gasteiger partial charge in [0.2, 0.25) is 0 Å². The Kier molecular flexibility index (Phi) is 5.50. The van der Waals surface area contributed by atoms with Gasteiger partial charge in [0.1, 0.15) is 6.10 Å². The highest BCUT2D eigenvalue weighted by atomic mass is 17.2. The summed E-state index contributed by atoms with van der Waals surface area (Å²) in [7, 11) is 0. The van der Waals surface area contributed by atoms with Crippen molar-refractivity contribution in [3.63, 3.8) is 0 Å². The van der Waals surface area contributed by atoms with E-state index in [1.54, 1.807) is 48.5 Å². The molecule has 1 heterocycles. The van der Waals surface area contributed by atoms with Crippen LogP contribution in [0.2, 0.25) is 0 Å². The van der Waals surface area contributed by atoms with Crippen molar-refractivity contribution in [1.29, 1.82) is 0 Å². The van der Waals surface area contributed by atoms with Gasteiger partial charge in [-0.2, -0.15) is 4.89 Å². The minimum atomic E-state index is -1.96. The van der Waals surface area contributed by atoms with E-state index in [1.807, 2.05) is 12.1 Å². The van der Waals surface area contributed by atoms with Crippen molar-refractivity contribution in [2.75, 3.05) is 18.0 Å². The van der Waals surface area contributed by atoms with Gasteiger partial charge in [-0.3, -0.25) is 0 Å². The third kappa shape index (κ3) is 3.55. The highest BCUT2D eigenvalue weighted by molar-refractivity contribution is 5.96. The largest absolute Gasteiger partial charge is 0.437 e. The van der Waals surface area contributed by atoms with E-state index in [4.69, 9.17) is 26.0 Å². The van der Waals surface area contributed by atoms with Crippen LogP contribution in [0.1, 0.15) is 0 Å². The van der Waals surface area contributed by atoms with Crippen LogP contribution >= 0.6 is 0 Å². The Labute approximate surface area is 150 Å². The van der Waals surface area contributed by atoms with Crippen molar-refractivity contribution in [3.05, 3.63) is 60.7 Å². The van der Waals surface area contributed by atoms with Crippen LogP contribution in [-0.4, -0.2) is 42.3 Å². The van der Waals surface area contributed by atoms with E-state index in [1.165, 1.54) is 4.90 Å². The monoisotopic (exact) mass is 359 g/mol. The summed E-state index contributed by atoms with van der Waals surface area (Å²) >= 11 is 0. The first-order chi connectivity index (χ1) is 12.6. The van der Waals surface area contributed by atoms with E-state index >= 15 is 0 Å². The van der Waals surface area contributed by atoms with Gasteiger partial charge >= 0.3 is 6.09 Å². The van der Waals surface area contributed by atoms with Gasteiger partial charge in [0.15, 0.2) is 6.10 Å². The number of para-hydroxylation sites is 2. The normalized spacial score (nSPS) is 25.0. The maximum absolute atomic E-state index is 13.0. The highest BCUT2D eigenvalue weighted by Crippen LogP contribution is 2.31. The fraction of sp³-hybridized carbons (Fsp3) is 0.278. The maximum atomic E-state index is 13.0. The highest BCUT2D eigenvalue weighted by Gasteiger charge is 2.53. The third-order valence-electron chi connectivity index (χ3n) is 4.06. The standard InChI is InChI=1S/C18H21N3O5/c19-11-15-16(18(23,12-20)26-25-15)24-17(22)21(13-7-3-1-4-8-13)14-9-5-2-6-10-14/h1-10,15-16,23H,11-12,19-20H2/t15-,16-,18+/m1/s1. The number of carbonyl (C=O) groups excluding carboxylic acids is 1. The molecule has 1 fully saturated rings. The molecular formula is C18H21N3O5. The van der Waals surface area contributed by atoms with Crippen molar-refractivity contribution in [3.8, 4) is 0 Å². The average molecular weight is 359 g/mol. The number of hydrogen-bond donors (Lipinski definition) is 3. The smallest absolute Gasteiger partial charge is 0.419 e. The molecule has 0 spiro atoms. The van der Waals surface area contributed by atoms with Crippen LogP contribution in [0.3, 0.4) is 0 Å². The first kappa shape index (κ1) is 18.3. The zero-order valence-corrected chi connectivity index (χ0v) is 14.0. The number of rotatable bonds is 5. The molecule has 1 aliphatic heterocycles. The molecule has 3 rings (SSSR count). The lowest BCUT2D eigenvalue weighted by Crippen LogP contribution is -2.53. The molecule has 0 saturated carbocycles. The first-order valence-electron chi connectivity index (χ1n) is 8.17. The van der Waals surface area contributed by atoms with Gasteiger partial charge in [0, 0.05) is 6.54 Å². The molecule has 0 radical (unpaired) electrons. The second-order valence-corrected chi connectivity index (χ2v) is 5.81. The zero-order chi connectivity index (χ0) is 18.6. The lowest BCUT2D eigenvalue weighted by Gasteiger charge is -2.29. The first-order valence-corrected chi connectivity index (χ1v) is 8.17. The number of carbonyl (C=O) groups is 1. The van der Waals surface area contributed by atoms with E-state index in [2.05, 4.69) is 0 Å². The molecule has 2 aromatic carbocycles. The minimum Gasteiger partial charge on any atom is -0.437 e. The number of hydrogen-bond acceptors (Lipinski definition) is 7. The molecule has 2 aromatic rings. The predicted molar refractivity (Wildman–Crippen MR) is 94.3 cm³/mol. The molecular weight excluding hydrogens is 338 g/mol. The second-order valence-electron chi connectivity index (χ2n) is 5.81. The Morgan fingerprint density at radius 3 is 2.08 bits per heavy atom. The molecule has 1 amide bonds. The molecule has 138 valence electrons. The van der Waals surface area contributed by atoms with Crippen molar-refractivity contribution in [1.82, 2.24) is 0 Å².